The summed E-state index contributed by atoms with van der Waals surface area (Å²) in [5.41, 5.74) is 1.06. The van der Waals surface area contributed by atoms with Crippen molar-refractivity contribution < 1.29 is 0 Å². The molecule has 60 valence electrons. The van der Waals surface area contributed by atoms with E-state index in [0.29, 0.717) is 6.54 Å². The third kappa shape index (κ3) is 1.43. The Morgan fingerprint density at radius 3 is 2.64 bits per heavy atom. The highest BCUT2D eigenvalue weighted by Crippen LogP contribution is 2.08. The quantitative estimate of drug-likeness (QED) is 0.618. The Kier molecular flexibility index (Phi) is 2.29. The van der Waals surface area contributed by atoms with Crippen molar-refractivity contribution in [2.24, 2.45) is 0 Å². The Morgan fingerprint density at radius 2 is 2.27 bits per heavy atom. The van der Waals surface area contributed by atoms with Crippen LogP contribution in [0.15, 0.2) is 17.4 Å². The first kappa shape index (κ1) is 8.27. The first-order valence-electron chi connectivity index (χ1n) is 3.44. The number of aromatic nitrogens is 1. The molecule has 11 heavy (non-hydrogen) atoms. The van der Waals surface area contributed by atoms with Gasteiger partial charge >= 0.3 is 4.87 Å². The zero-order valence-corrected chi connectivity index (χ0v) is 7.57. The maximum Gasteiger partial charge on any atom is 0.307 e. The molecule has 0 spiro atoms. The first-order valence-corrected chi connectivity index (χ1v) is 4.26. The molecule has 3 heteroatoms. The number of thiazole rings is 1. The summed E-state index contributed by atoms with van der Waals surface area (Å²) >= 11 is 1.30. The number of hydrogen-bond donors (Lipinski definition) is 0. The van der Waals surface area contributed by atoms with E-state index in [1.807, 2.05) is 13.8 Å². The van der Waals surface area contributed by atoms with Crippen molar-refractivity contribution in [1.82, 2.24) is 4.57 Å². The molecule has 1 heterocycles. The van der Waals surface area contributed by atoms with E-state index in [0.717, 1.165) is 10.6 Å². The molecule has 0 unspecified atom stereocenters. The maximum absolute atomic E-state index is 11.2. The van der Waals surface area contributed by atoms with Crippen LogP contribution in [0, 0.1) is 13.8 Å². The second-order valence-electron chi connectivity index (χ2n) is 2.41. The van der Waals surface area contributed by atoms with Gasteiger partial charge in [0.25, 0.3) is 0 Å². The molecule has 0 amide bonds. The molecule has 0 aromatic carbocycles. The van der Waals surface area contributed by atoms with Crippen LogP contribution in [-0.2, 0) is 6.54 Å². The predicted molar refractivity (Wildman–Crippen MR) is 48.3 cm³/mol. The van der Waals surface area contributed by atoms with Crippen molar-refractivity contribution in [1.29, 1.82) is 0 Å². The molecule has 0 radical (unpaired) electrons. The van der Waals surface area contributed by atoms with E-state index < -0.39 is 0 Å². The molecular weight excluding hydrogens is 158 g/mol. The van der Waals surface area contributed by atoms with Crippen LogP contribution in [0.1, 0.15) is 10.6 Å². The van der Waals surface area contributed by atoms with Crippen LogP contribution in [-0.4, -0.2) is 4.57 Å². The van der Waals surface area contributed by atoms with E-state index in [1.165, 1.54) is 11.3 Å². The molecule has 0 atom stereocenters. The lowest BCUT2D eigenvalue weighted by molar-refractivity contribution is 0.771. The molecular formula is C8H11NOS. The summed E-state index contributed by atoms with van der Waals surface area (Å²) in [6.45, 7) is 8.13. The standard InChI is InChI=1S/C8H11NOS/c1-4-5-9-6(2)7(3)11-8(9)10/h4H,1,5H2,2-3H3. The van der Waals surface area contributed by atoms with Crippen LogP contribution in [0.2, 0.25) is 0 Å². The molecule has 0 N–H and O–H groups in total. The smallest absolute Gasteiger partial charge is 0.299 e. The Bertz CT molecular complexity index is 321. The normalized spacial score (nSPS) is 10.0. The summed E-state index contributed by atoms with van der Waals surface area (Å²) in [7, 11) is 0. The highest BCUT2D eigenvalue weighted by atomic mass is 32.1. The van der Waals surface area contributed by atoms with Crippen molar-refractivity contribution in [2.45, 2.75) is 20.4 Å². The Hall–Kier alpha value is -0.830. The van der Waals surface area contributed by atoms with Crippen molar-refractivity contribution >= 4 is 11.3 Å². The van der Waals surface area contributed by atoms with Gasteiger partial charge in [0.15, 0.2) is 0 Å². The predicted octanol–water partition coefficient (Wildman–Crippen LogP) is 1.71. The molecule has 0 aliphatic carbocycles. The lowest BCUT2D eigenvalue weighted by Crippen LogP contribution is -2.12. The minimum absolute atomic E-state index is 0.111. The summed E-state index contributed by atoms with van der Waals surface area (Å²) in [5.74, 6) is 0. The monoisotopic (exact) mass is 169 g/mol. The molecule has 1 aromatic heterocycles. The van der Waals surface area contributed by atoms with Gasteiger partial charge in [0.1, 0.15) is 0 Å². The van der Waals surface area contributed by atoms with Gasteiger partial charge < -0.3 is 0 Å². The van der Waals surface area contributed by atoms with Gasteiger partial charge in [-0.05, 0) is 13.8 Å². The van der Waals surface area contributed by atoms with Gasteiger partial charge in [0.2, 0.25) is 0 Å². The minimum Gasteiger partial charge on any atom is -0.299 e. The van der Waals surface area contributed by atoms with Crippen molar-refractivity contribution in [3.05, 3.63) is 32.9 Å². The van der Waals surface area contributed by atoms with E-state index >= 15 is 0 Å². The number of allylic oxidation sites excluding steroid dienone is 1. The van der Waals surface area contributed by atoms with Crippen LogP contribution in [0.3, 0.4) is 0 Å². The number of aryl methyl sites for hydroxylation is 1. The zero-order chi connectivity index (χ0) is 8.43. The van der Waals surface area contributed by atoms with Gasteiger partial charge in [0.05, 0.1) is 0 Å². The Balaban J connectivity index is 3.22. The zero-order valence-electron chi connectivity index (χ0n) is 6.76. The summed E-state index contributed by atoms with van der Waals surface area (Å²) < 4.78 is 1.73. The third-order valence-corrected chi connectivity index (χ3v) is 2.68. The van der Waals surface area contributed by atoms with Gasteiger partial charge in [-0.15, -0.1) is 6.58 Å². The lowest BCUT2D eigenvalue weighted by atomic mass is 10.4. The average Bonchev–Trinajstić information content (AvgIpc) is 2.17. The summed E-state index contributed by atoms with van der Waals surface area (Å²) in [5, 5.41) is 0. The van der Waals surface area contributed by atoms with Crippen molar-refractivity contribution in [3.8, 4) is 0 Å². The minimum atomic E-state index is 0.111. The number of rotatable bonds is 2. The first-order chi connectivity index (χ1) is 5.16. The molecule has 0 aliphatic heterocycles. The van der Waals surface area contributed by atoms with Crippen LogP contribution in [0.5, 0.6) is 0 Å². The molecule has 0 bridgehead atoms. The van der Waals surface area contributed by atoms with E-state index in [-0.39, 0.29) is 4.87 Å². The lowest BCUT2D eigenvalue weighted by Gasteiger charge is -1.98. The molecule has 0 fully saturated rings. The van der Waals surface area contributed by atoms with Crippen LogP contribution in [0.25, 0.3) is 0 Å². The Morgan fingerprint density at radius 1 is 1.64 bits per heavy atom. The van der Waals surface area contributed by atoms with Gasteiger partial charge in [-0.2, -0.15) is 0 Å². The number of nitrogens with zero attached hydrogens (tertiary/aromatic N) is 1. The molecule has 1 aromatic rings. The highest BCUT2D eigenvalue weighted by Gasteiger charge is 2.04. The van der Waals surface area contributed by atoms with E-state index in [1.54, 1.807) is 10.6 Å². The topological polar surface area (TPSA) is 22.0 Å². The second kappa shape index (κ2) is 3.05. The molecule has 2 nitrogen and oxygen atoms in total. The van der Waals surface area contributed by atoms with Crippen molar-refractivity contribution in [3.63, 3.8) is 0 Å². The summed E-state index contributed by atoms with van der Waals surface area (Å²) in [6, 6.07) is 0. The van der Waals surface area contributed by atoms with Crippen LogP contribution in [0.4, 0.5) is 0 Å². The van der Waals surface area contributed by atoms with Gasteiger partial charge in [0, 0.05) is 17.1 Å². The average molecular weight is 169 g/mol. The Labute approximate surface area is 69.8 Å². The van der Waals surface area contributed by atoms with Crippen LogP contribution < -0.4 is 4.87 Å². The SMILES string of the molecule is C=CCn1c(C)c(C)sc1=O. The summed E-state index contributed by atoms with van der Waals surface area (Å²) in [6.07, 6.45) is 1.74. The van der Waals surface area contributed by atoms with Crippen molar-refractivity contribution in [2.75, 3.05) is 0 Å². The maximum atomic E-state index is 11.2. The third-order valence-electron chi connectivity index (χ3n) is 1.69. The highest BCUT2D eigenvalue weighted by molar-refractivity contribution is 7.09. The molecule has 0 aliphatic rings. The van der Waals surface area contributed by atoms with E-state index in [4.69, 9.17) is 0 Å². The fraction of sp³-hybridized carbons (Fsp3) is 0.375. The fourth-order valence-corrected chi connectivity index (χ4v) is 1.77. The van der Waals surface area contributed by atoms with Gasteiger partial charge in [-0.25, -0.2) is 0 Å². The van der Waals surface area contributed by atoms with Gasteiger partial charge in [-0.1, -0.05) is 17.4 Å². The molecule has 0 saturated carbocycles. The largest absolute Gasteiger partial charge is 0.307 e. The van der Waals surface area contributed by atoms with E-state index in [9.17, 15) is 4.79 Å². The molecule has 0 saturated heterocycles. The number of hydrogen-bond acceptors (Lipinski definition) is 2. The van der Waals surface area contributed by atoms with Crippen LogP contribution >= 0.6 is 11.3 Å². The molecule has 1 rings (SSSR count). The van der Waals surface area contributed by atoms with E-state index in [2.05, 4.69) is 6.58 Å². The second-order valence-corrected chi connectivity index (χ2v) is 3.57. The van der Waals surface area contributed by atoms with Gasteiger partial charge in [-0.3, -0.25) is 9.36 Å². The fourth-order valence-electron chi connectivity index (χ4n) is 0.927. The summed E-state index contributed by atoms with van der Waals surface area (Å²) in [4.78, 5) is 12.4.